The molecule has 1 aromatic carbocycles. The molecular formula is C13H19NO4S. The Kier molecular flexibility index (Phi) is 4.25. The van der Waals surface area contributed by atoms with Gasteiger partial charge in [-0.15, -0.1) is 0 Å². The summed E-state index contributed by atoms with van der Waals surface area (Å²) in [5.74, 6) is -0.913. The molecule has 0 aliphatic heterocycles. The van der Waals surface area contributed by atoms with Crippen LogP contribution in [0.5, 0.6) is 0 Å². The average molecular weight is 285 g/mol. The lowest BCUT2D eigenvalue weighted by molar-refractivity contribution is -0.146. The van der Waals surface area contributed by atoms with Gasteiger partial charge in [0.15, 0.2) is 0 Å². The number of carboxylic acids is 1. The second-order valence-electron chi connectivity index (χ2n) is 5.23. The highest BCUT2D eigenvalue weighted by Gasteiger charge is 2.29. The Hall–Kier alpha value is -1.56. The van der Waals surface area contributed by atoms with Crippen LogP contribution in [0.3, 0.4) is 0 Å². The Labute approximate surface area is 113 Å². The van der Waals surface area contributed by atoms with Crippen LogP contribution >= 0.6 is 0 Å². The molecule has 0 spiro atoms. The van der Waals surface area contributed by atoms with Crippen LogP contribution in [-0.2, 0) is 21.2 Å². The second kappa shape index (κ2) is 5.21. The third-order valence-electron chi connectivity index (χ3n) is 3.04. The number of carbonyl (C=O) groups is 1. The van der Waals surface area contributed by atoms with Crippen LogP contribution in [0.2, 0.25) is 0 Å². The first-order valence-corrected chi connectivity index (χ1v) is 7.66. The van der Waals surface area contributed by atoms with Gasteiger partial charge in [-0.1, -0.05) is 18.2 Å². The standard InChI is InChI=1S/C13H19NO4S/c1-13(2,12(15)16)9-10-7-5-6-8-11(10)14(3)19(4,17)18/h5-8H,9H2,1-4H3,(H,15,16). The minimum absolute atomic E-state index is 0.262. The summed E-state index contributed by atoms with van der Waals surface area (Å²) in [6, 6.07) is 6.93. The van der Waals surface area contributed by atoms with Crippen LogP contribution < -0.4 is 4.31 Å². The Bertz CT molecular complexity index is 578. The SMILES string of the molecule is CN(c1ccccc1CC(C)(C)C(=O)O)S(C)(=O)=O. The number of carboxylic acid groups (broad SMARTS) is 1. The molecule has 0 heterocycles. The number of benzene rings is 1. The van der Waals surface area contributed by atoms with Gasteiger partial charge < -0.3 is 5.11 Å². The van der Waals surface area contributed by atoms with Crippen molar-refractivity contribution in [1.82, 2.24) is 0 Å². The molecule has 1 aromatic rings. The quantitative estimate of drug-likeness (QED) is 0.894. The number of sulfonamides is 1. The van der Waals surface area contributed by atoms with Gasteiger partial charge in [-0.05, 0) is 31.9 Å². The molecule has 0 unspecified atom stereocenters. The van der Waals surface area contributed by atoms with Crippen molar-refractivity contribution < 1.29 is 18.3 Å². The highest BCUT2D eigenvalue weighted by molar-refractivity contribution is 7.92. The zero-order chi connectivity index (χ0) is 14.8. The first kappa shape index (κ1) is 15.5. The third kappa shape index (κ3) is 3.70. The van der Waals surface area contributed by atoms with Crippen molar-refractivity contribution in [2.75, 3.05) is 17.6 Å². The summed E-state index contributed by atoms with van der Waals surface area (Å²) in [7, 11) is -1.91. The van der Waals surface area contributed by atoms with Crippen molar-refractivity contribution in [3.63, 3.8) is 0 Å². The molecule has 0 radical (unpaired) electrons. The summed E-state index contributed by atoms with van der Waals surface area (Å²) in [5, 5.41) is 9.16. The van der Waals surface area contributed by atoms with Gasteiger partial charge >= 0.3 is 5.97 Å². The van der Waals surface area contributed by atoms with Gasteiger partial charge in [-0.25, -0.2) is 8.42 Å². The Morgan fingerprint density at radius 2 is 1.84 bits per heavy atom. The van der Waals surface area contributed by atoms with Gasteiger partial charge in [0, 0.05) is 7.05 Å². The third-order valence-corrected chi connectivity index (χ3v) is 4.23. The maximum Gasteiger partial charge on any atom is 0.309 e. The smallest absolute Gasteiger partial charge is 0.309 e. The minimum atomic E-state index is -3.37. The van der Waals surface area contributed by atoms with Crippen LogP contribution in [0.1, 0.15) is 19.4 Å². The van der Waals surface area contributed by atoms with Crippen molar-refractivity contribution in [2.45, 2.75) is 20.3 Å². The maximum atomic E-state index is 11.6. The molecule has 0 fully saturated rings. The first-order chi connectivity index (χ1) is 8.55. The number of hydrogen-bond donors (Lipinski definition) is 1. The van der Waals surface area contributed by atoms with Crippen LogP contribution in [0, 0.1) is 5.41 Å². The monoisotopic (exact) mass is 285 g/mol. The fraction of sp³-hybridized carbons (Fsp3) is 0.462. The van der Waals surface area contributed by atoms with Crippen molar-refractivity contribution in [1.29, 1.82) is 0 Å². The van der Waals surface area contributed by atoms with E-state index in [4.69, 9.17) is 5.11 Å². The number of rotatable bonds is 5. The largest absolute Gasteiger partial charge is 0.481 e. The lowest BCUT2D eigenvalue weighted by atomic mass is 9.85. The molecule has 0 aliphatic carbocycles. The number of hydrogen-bond acceptors (Lipinski definition) is 3. The summed E-state index contributed by atoms with van der Waals surface area (Å²) < 4.78 is 24.4. The van der Waals surface area contributed by atoms with Gasteiger partial charge in [0.2, 0.25) is 10.0 Å². The topological polar surface area (TPSA) is 74.7 Å². The highest BCUT2D eigenvalue weighted by Crippen LogP contribution is 2.29. The van der Waals surface area contributed by atoms with E-state index in [0.717, 1.165) is 6.26 Å². The molecule has 106 valence electrons. The summed E-state index contributed by atoms with van der Waals surface area (Å²) in [6.45, 7) is 3.24. The molecule has 1 rings (SSSR count). The van der Waals surface area contributed by atoms with E-state index < -0.39 is 21.4 Å². The van der Waals surface area contributed by atoms with Gasteiger partial charge in [0.1, 0.15) is 0 Å². The van der Waals surface area contributed by atoms with Gasteiger partial charge in [0.05, 0.1) is 17.4 Å². The van der Waals surface area contributed by atoms with E-state index >= 15 is 0 Å². The van der Waals surface area contributed by atoms with E-state index in [-0.39, 0.29) is 6.42 Å². The van der Waals surface area contributed by atoms with Crippen LogP contribution in [0.25, 0.3) is 0 Å². The van der Waals surface area contributed by atoms with E-state index in [1.807, 2.05) is 0 Å². The number of para-hydroxylation sites is 1. The highest BCUT2D eigenvalue weighted by atomic mass is 32.2. The molecule has 0 bridgehead atoms. The molecule has 0 aliphatic rings. The zero-order valence-corrected chi connectivity index (χ0v) is 12.4. The molecule has 1 N–H and O–H groups in total. The number of anilines is 1. The molecule has 0 atom stereocenters. The van der Waals surface area contributed by atoms with E-state index in [2.05, 4.69) is 0 Å². The molecule has 0 amide bonds. The molecule has 0 saturated carbocycles. The second-order valence-corrected chi connectivity index (χ2v) is 7.24. The zero-order valence-electron chi connectivity index (χ0n) is 11.5. The van der Waals surface area contributed by atoms with Crippen LogP contribution in [-0.4, -0.2) is 32.8 Å². The Morgan fingerprint density at radius 1 is 1.32 bits per heavy atom. The Balaban J connectivity index is 3.21. The molecule has 0 aromatic heterocycles. The average Bonchev–Trinajstić information content (AvgIpc) is 2.27. The fourth-order valence-electron chi connectivity index (χ4n) is 1.70. The summed E-state index contributed by atoms with van der Waals surface area (Å²) >= 11 is 0. The summed E-state index contributed by atoms with van der Waals surface area (Å²) in [5.41, 5.74) is 0.260. The molecule has 5 nitrogen and oxygen atoms in total. The molecule has 6 heteroatoms. The lowest BCUT2D eigenvalue weighted by Gasteiger charge is -2.24. The van der Waals surface area contributed by atoms with Crippen LogP contribution in [0.4, 0.5) is 5.69 Å². The van der Waals surface area contributed by atoms with Crippen LogP contribution in [0.15, 0.2) is 24.3 Å². The lowest BCUT2D eigenvalue weighted by Crippen LogP contribution is -2.29. The predicted octanol–water partition coefficient (Wildman–Crippen LogP) is 1.74. The van der Waals surface area contributed by atoms with E-state index in [1.54, 1.807) is 38.1 Å². The van der Waals surface area contributed by atoms with Crippen molar-refractivity contribution in [3.8, 4) is 0 Å². The van der Waals surface area contributed by atoms with Crippen molar-refractivity contribution >= 4 is 21.7 Å². The fourth-order valence-corrected chi connectivity index (χ4v) is 2.23. The molecular weight excluding hydrogens is 266 g/mol. The van der Waals surface area contributed by atoms with Crippen molar-refractivity contribution in [2.24, 2.45) is 5.41 Å². The molecule has 19 heavy (non-hydrogen) atoms. The van der Waals surface area contributed by atoms with Crippen molar-refractivity contribution in [3.05, 3.63) is 29.8 Å². The van der Waals surface area contributed by atoms with Gasteiger partial charge in [-0.2, -0.15) is 0 Å². The first-order valence-electron chi connectivity index (χ1n) is 5.81. The Morgan fingerprint density at radius 3 is 2.32 bits per heavy atom. The normalized spacial score (nSPS) is 12.2. The summed E-state index contributed by atoms with van der Waals surface area (Å²) in [4.78, 5) is 11.2. The van der Waals surface area contributed by atoms with E-state index in [1.165, 1.54) is 11.4 Å². The predicted molar refractivity (Wildman–Crippen MR) is 74.8 cm³/mol. The molecule has 0 saturated heterocycles. The summed E-state index contributed by atoms with van der Waals surface area (Å²) in [6.07, 6.45) is 1.38. The maximum absolute atomic E-state index is 11.6. The number of nitrogens with zero attached hydrogens (tertiary/aromatic N) is 1. The van der Waals surface area contributed by atoms with Gasteiger partial charge in [-0.3, -0.25) is 9.10 Å². The van der Waals surface area contributed by atoms with E-state index in [9.17, 15) is 13.2 Å². The van der Waals surface area contributed by atoms with Gasteiger partial charge in [0.25, 0.3) is 0 Å². The number of aliphatic carboxylic acids is 1. The minimum Gasteiger partial charge on any atom is -0.481 e. The van der Waals surface area contributed by atoms with E-state index in [0.29, 0.717) is 11.3 Å².